The molecule has 0 saturated heterocycles. The third-order valence-electron chi connectivity index (χ3n) is 4.60. The number of esters is 2. The Hall–Kier alpha value is -4.74. The van der Waals surface area contributed by atoms with Crippen molar-refractivity contribution in [1.82, 2.24) is 19.9 Å². The molecule has 210 valence electrons. The summed E-state index contributed by atoms with van der Waals surface area (Å²) in [6, 6.07) is 12.3. The van der Waals surface area contributed by atoms with E-state index in [1.165, 1.54) is 28.8 Å². The van der Waals surface area contributed by atoms with Crippen molar-refractivity contribution in [2.75, 3.05) is 23.1 Å². The van der Waals surface area contributed by atoms with E-state index in [4.69, 9.17) is 9.47 Å². The number of pyridine rings is 2. The molecule has 0 N–H and O–H groups in total. The van der Waals surface area contributed by atoms with Crippen LogP contribution in [0.3, 0.4) is 0 Å². The molecule has 3 heterocycles. The Labute approximate surface area is 233 Å². The predicted molar refractivity (Wildman–Crippen MR) is 152 cm³/mol. The summed E-state index contributed by atoms with van der Waals surface area (Å²) >= 11 is 0. The van der Waals surface area contributed by atoms with E-state index >= 15 is 0 Å². The Kier molecular flexibility index (Phi) is 9.96. The first-order valence-corrected chi connectivity index (χ1v) is 12.6. The zero-order chi connectivity index (χ0) is 29.2. The van der Waals surface area contributed by atoms with Gasteiger partial charge in [0.1, 0.15) is 30.6 Å². The topological polar surface area (TPSA) is 135 Å². The first kappa shape index (κ1) is 29.8. The zero-order valence-electron chi connectivity index (χ0n) is 23.6. The maximum Gasteiger partial charge on any atom is 0.328 e. The van der Waals surface area contributed by atoms with Crippen molar-refractivity contribution < 1.29 is 19.1 Å². The van der Waals surface area contributed by atoms with E-state index in [-0.39, 0.29) is 24.7 Å². The first-order chi connectivity index (χ1) is 18.9. The number of carbonyl (C=O) groups is 2. The van der Waals surface area contributed by atoms with Crippen LogP contribution in [0.15, 0.2) is 71.4 Å². The molecule has 0 radical (unpaired) electrons. The second kappa shape index (κ2) is 13.4. The first-order valence-electron chi connectivity index (χ1n) is 12.6. The minimum atomic E-state index is -0.686. The molecular formula is C28H34N8O4. The standard InChI is InChI=1S/C28H34N8O4/c1-27(2,3)39-25(37)18-35(33-16-21-11-7-9-13-29-21)23-15-24(32-20-31-23)36(19-26(38)40-28(4,5)6)34-17-22-12-8-10-14-30-22/h7-17,20H,18-19H2,1-6H3/b33-16+,34-17+. The molecule has 0 aliphatic carbocycles. The molecule has 3 aromatic heterocycles. The number of anilines is 2. The molecule has 3 aromatic rings. The van der Waals surface area contributed by atoms with E-state index < -0.39 is 23.1 Å². The number of aromatic nitrogens is 4. The Morgan fingerprint density at radius 3 is 1.50 bits per heavy atom. The van der Waals surface area contributed by atoms with Gasteiger partial charge in [0.15, 0.2) is 11.6 Å². The van der Waals surface area contributed by atoms with Crippen molar-refractivity contribution in [2.45, 2.75) is 52.7 Å². The van der Waals surface area contributed by atoms with Gasteiger partial charge in [-0.3, -0.25) is 19.6 Å². The summed E-state index contributed by atoms with van der Waals surface area (Å²) in [6.45, 7) is 10.2. The predicted octanol–water partition coefficient (Wildman–Crippen LogP) is 3.63. The lowest BCUT2D eigenvalue weighted by atomic mass is 10.2. The number of nitrogens with zero attached hydrogens (tertiary/aromatic N) is 8. The molecule has 0 unspecified atom stereocenters. The zero-order valence-corrected chi connectivity index (χ0v) is 23.6. The van der Waals surface area contributed by atoms with Gasteiger partial charge in [0.2, 0.25) is 0 Å². The van der Waals surface area contributed by atoms with Crippen molar-refractivity contribution in [3.05, 3.63) is 72.6 Å². The van der Waals surface area contributed by atoms with Crippen LogP contribution in [0.25, 0.3) is 0 Å². The second-order valence-corrected chi connectivity index (χ2v) is 10.5. The molecule has 0 fully saturated rings. The minimum absolute atomic E-state index is 0.236. The van der Waals surface area contributed by atoms with E-state index in [0.717, 1.165) is 0 Å². The summed E-state index contributed by atoms with van der Waals surface area (Å²) in [5.41, 5.74) is -0.210. The molecule has 12 nitrogen and oxygen atoms in total. The van der Waals surface area contributed by atoms with Gasteiger partial charge >= 0.3 is 11.9 Å². The van der Waals surface area contributed by atoms with Crippen LogP contribution in [0.1, 0.15) is 52.9 Å². The second-order valence-electron chi connectivity index (χ2n) is 10.5. The van der Waals surface area contributed by atoms with Crippen LogP contribution in [0.4, 0.5) is 11.6 Å². The fourth-order valence-corrected chi connectivity index (χ4v) is 3.14. The number of hydrazone groups is 2. The molecule has 0 aliphatic rings. The molecule has 40 heavy (non-hydrogen) atoms. The summed E-state index contributed by atoms with van der Waals surface area (Å²) in [5.74, 6) is -0.482. The lowest BCUT2D eigenvalue weighted by Crippen LogP contribution is -2.34. The van der Waals surface area contributed by atoms with Crippen LogP contribution >= 0.6 is 0 Å². The normalized spacial score (nSPS) is 11.9. The highest BCUT2D eigenvalue weighted by Gasteiger charge is 2.23. The monoisotopic (exact) mass is 546 g/mol. The highest BCUT2D eigenvalue weighted by molar-refractivity contribution is 5.82. The molecule has 0 bridgehead atoms. The summed E-state index contributed by atoms with van der Waals surface area (Å²) in [6.07, 6.45) is 7.57. The minimum Gasteiger partial charge on any atom is -0.459 e. The fraction of sp³-hybridized carbons (Fsp3) is 0.357. The third kappa shape index (κ3) is 10.6. The number of hydrogen-bond donors (Lipinski definition) is 0. The maximum absolute atomic E-state index is 12.7. The smallest absolute Gasteiger partial charge is 0.328 e. The van der Waals surface area contributed by atoms with Gasteiger partial charge in [0, 0.05) is 18.5 Å². The Morgan fingerprint density at radius 1 is 0.725 bits per heavy atom. The van der Waals surface area contributed by atoms with Gasteiger partial charge in [0.25, 0.3) is 0 Å². The van der Waals surface area contributed by atoms with E-state index in [1.54, 1.807) is 84.3 Å². The van der Waals surface area contributed by atoms with E-state index in [9.17, 15) is 9.59 Å². The van der Waals surface area contributed by atoms with Crippen molar-refractivity contribution in [3.8, 4) is 0 Å². The van der Waals surface area contributed by atoms with Crippen LogP contribution in [-0.4, -0.2) is 68.6 Å². The molecular weight excluding hydrogens is 512 g/mol. The maximum atomic E-state index is 12.7. The molecule has 0 amide bonds. The van der Waals surface area contributed by atoms with Crippen molar-refractivity contribution in [1.29, 1.82) is 0 Å². The Morgan fingerprint density at radius 2 is 1.15 bits per heavy atom. The van der Waals surface area contributed by atoms with Gasteiger partial charge < -0.3 is 9.47 Å². The number of hydrogen-bond acceptors (Lipinski definition) is 12. The molecule has 12 heteroatoms. The summed E-state index contributed by atoms with van der Waals surface area (Å²) in [4.78, 5) is 42.5. The van der Waals surface area contributed by atoms with Gasteiger partial charge in [-0.2, -0.15) is 10.2 Å². The summed E-state index contributed by atoms with van der Waals surface area (Å²) in [5, 5.41) is 11.6. The summed E-state index contributed by atoms with van der Waals surface area (Å²) < 4.78 is 11.0. The van der Waals surface area contributed by atoms with Crippen LogP contribution < -0.4 is 10.0 Å². The van der Waals surface area contributed by atoms with Gasteiger partial charge in [-0.05, 0) is 65.8 Å². The number of carbonyl (C=O) groups excluding carboxylic acids is 2. The third-order valence-corrected chi connectivity index (χ3v) is 4.60. The van der Waals surface area contributed by atoms with Gasteiger partial charge in [-0.1, -0.05) is 12.1 Å². The molecule has 0 aromatic carbocycles. The fourth-order valence-electron chi connectivity index (χ4n) is 3.14. The lowest BCUT2D eigenvalue weighted by Gasteiger charge is -2.24. The number of rotatable bonds is 10. The molecule has 3 rings (SSSR count). The SMILES string of the molecule is CC(C)(C)OC(=O)CN(/N=C/c1ccccn1)c1cc(N(CC(=O)OC(C)(C)C)/N=C/c2ccccn2)ncn1. The molecule has 0 atom stereocenters. The van der Waals surface area contributed by atoms with Crippen LogP contribution in [0, 0.1) is 0 Å². The van der Waals surface area contributed by atoms with Crippen LogP contribution in [0.5, 0.6) is 0 Å². The van der Waals surface area contributed by atoms with Gasteiger partial charge in [-0.25, -0.2) is 20.0 Å². The van der Waals surface area contributed by atoms with Crippen molar-refractivity contribution >= 4 is 36.0 Å². The average molecular weight is 547 g/mol. The van der Waals surface area contributed by atoms with E-state index in [0.29, 0.717) is 11.4 Å². The highest BCUT2D eigenvalue weighted by atomic mass is 16.6. The lowest BCUT2D eigenvalue weighted by molar-refractivity contribution is -0.154. The number of ether oxygens (including phenoxy) is 2. The highest BCUT2D eigenvalue weighted by Crippen LogP contribution is 2.20. The van der Waals surface area contributed by atoms with Gasteiger partial charge in [-0.15, -0.1) is 0 Å². The summed E-state index contributed by atoms with van der Waals surface area (Å²) in [7, 11) is 0. The molecule has 0 aliphatic heterocycles. The Balaban J connectivity index is 1.95. The quantitative estimate of drug-likeness (QED) is 0.211. The van der Waals surface area contributed by atoms with Crippen LogP contribution in [-0.2, 0) is 19.1 Å². The molecule has 0 saturated carbocycles. The van der Waals surface area contributed by atoms with Crippen molar-refractivity contribution in [3.63, 3.8) is 0 Å². The largest absolute Gasteiger partial charge is 0.459 e. The van der Waals surface area contributed by atoms with Crippen LogP contribution in [0.2, 0.25) is 0 Å². The van der Waals surface area contributed by atoms with Crippen molar-refractivity contribution in [2.24, 2.45) is 10.2 Å². The molecule has 0 spiro atoms. The average Bonchev–Trinajstić information content (AvgIpc) is 2.88. The van der Waals surface area contributed by atoms with E-state index in [1.807, 2.05) is 12.1 Å². The Bertz CT molecular complexity index is 1220. The van der Waals surface area contributed by atoms with Gasteiger partial charge in [0.05, 0.1) is 23.8 Å². The van der Waals surface area contributed by atoms with E-state index in [2.05, 4.69) is 30.1 Å².